The third-order valence-corrected chi connectivity index (χ3v) is 2.80. The van der Waals surface area contributed by atoms with Gasteiger partial charge in [-0.05, 0) is 39.0 Å². The fourth-order valence-electron chi connectivity index (χ4n) is 1.59. The molecule has 0 unspecified atom stereocenters. The second-order valence-corrected chi connectivity index (χ2v) is 5.65. The van der Waals surface area contributed by atoms with Crippen molar-refractivity contribution in [1.29, 1.82) is 0 Å². The third kappa shape index (κ3) is 3.10. The van der Waals surface area contributed by atoms with E-state index in [0.717, 1.165) is 0 Å². The molecule has 1 heterocycles. The van der Waals surface area contributed by atoms with E-state index in [4.69, 9.17) is 14.9 Å². The van der Waals surface area contributed by atoms with E-state index >= 15 is 0 Å². The summed E-state index contributed by atoms with van der Waals surface area (Å²) in [6.45, 7) is 5.20. The Morgan fingerprint density at radius 1 is 1.19 bits per heavy atom. The minimum atomic E-state index is -0.853. The molecule has 0 fully saturated rings. The molecule has 0 aliphatic heterocycles. The molecule has 110 valence electrons. The Kier molecular flexibility index (Phi) is 3.55. The predicted octanol–water partition coefficient (Wildman–Crippen LogP) is 1.84. The van der Waals surface area contributed by atoms with Crippen LogP contribution in [0.25, 0.3) is 11.0 Å². The Hall–Kier alpha value is -2.63. The summed E-state index contributed by atoms with van der Waals surface area (Å²) in [6.07, 6.45) is 0. The maximum Gasteiger partial charge on any atom is 0.349 e. The van der Waals surface area contributed by atoms with Gasteiger partial charge in [-0.3, -0.25) is 9.59 Å². The van der Waals surface area contributed by atoms with Crippen molar-refractivity contribution in [2.24, 2.45) is 11.1 Å². The highest BCUT2D eigenvalue weighted by Crippen LogP contribution is 2.23. The van der Waals surface area contributed by atoms with E-state index in [9.17, 15) is 14.4 Å². The number of ether oxygens (including phenoxy) is 1. The second kappa shape index (κ2) is 5.05. The van der Waals surface area contributed by atoms with Crippen molar-refractivity contribution in [3.8, 4) is 5.75 Å². The molecule has 0 saturated carbocycles. The van der Waals surface area contributed by atoms with Crippen LogP contribution in [0.4, 0.5) is 0 Å². The van der Waals surface area contributed by atoms with Gasteiger partial charge in [0.1, 0.15) is 16.9 Å². The van der Waals surface area contributed by atoms with E-state index in [2.05, 4.69) is 0 Å². The van der Waals surface area contributed by atoms with Crippen LogP contribution in [-0.4, -0.2) is 11.9 Å². The van der Waals surface area contributed by atoms with Crippen LogP contribution in [0.2, 0.25) is 0 Å². The lowest BCUT2D eigenvalue weighted by molar-refractivity contribution is -0.142. The first-order valence-corrected chi connectivity index (χ1v) is 6.28. The van der Waals surface area contributed by atoms with Gasteiger partial charge in [0.15, 0.2) is 0 Å². The summed E-state index contributed by atoms with van der Waals surface area (Å²) >= 11 is 0. The average molecular weight is 289 g/mol. The number of rotatable bonds is 2. The SMILES string of the molecule is CC(C)(C)C(=O)Oc1ccc2cc(C(N)=O)c(=O)oc2c1. The molecule has 1 aromatic carbocycles. The van der Waals surface area contributed by atoms with Gasteiger partial charge in [0, 0.05) is 11.5 Å². The van der Waals surface area contributed by atoms with Crippen LogP contribution < -0.4 is 16.1 Å². The molecular formula is C15H15NO5. The normalized spacial score (nSPS) is 11.4. The lowest BCUT2D eigenvalue weighted by Crippen LogP contribution is -2.25. The van der Waals surface area contributed by atoms with Gasteiger partial charge < -0.3 is 14.9 Å². The molecule has 6 heteroatoms. The van der Waals surface area contributed by atoms with E-state index in [-0.39, 0.29) is 16.9 Å². The van der Waals surface area contributed by atoms with E-state index in [1.807, 2.05) is 0 Å². The zero-order chi connectivity index (χ0) is 15.8. The number of esters is 1. The number of benzene rings is 1. The molecule has 0 saturated heterocycles. The number of nitrogens with two attached hydrogens (primary N) is 1. The molecule has 2 rings (SSSR count). The summed E-state index contributed by atoms with van der Waals surface area (Å²) in [6, 6.07) is 5.90. The molecule has 0 aliphatic carbocycles. The summed E-state index contributed by atoms with van der Waals surface area (Å²) in [4.78, 5) is 34.5. The fourth-order valence-corrected chi connectivity index (χ4v) is 1.59. The Morgan fingerprint density at radius 2 is 1.86 bits per heavy atom. The van der Waals surface area contributed by atoms with Gasteiger partial charge in [0.25, 0.3) is 5.91 Å². The van der Waals surface area contributed by atoms with E-state index in [1.165, 1.54) is 12.1 Å². The first kappa shape index (κ1) is 14.8. The molecule has 0 spiro atoms. The second-order valence-electron chi connectivity index (χ2n) is 5.65. The van der Waals surface area contributed by atoms with Crippen LogP contribution in [0.1, 0.15) is 31.1 Å². The Labute approximate surface area is 120 Å². The number of primary amides is 1. The number of hydrogen-bond acceptors (Lipinski definition) is 5. The zero-order valence-electron chi connectivity index (χ0n) is 11.9. The number of carbonyl (C=O) groups excluding carboxylic acids is 2. The molecule has 0 radical (unpaired) electrons. The average Bonchev–Trinajstić information content (AvgIpc) is 2.36. The van der Waals surface area contributed by atoms with Gasteiger partial charge in [0.2, 0.25) is 0 Å². The van der Waals surface area contributed by atoms with Crippen molar-refractivity contribution in [2.45, 2.75) is 20.8 Å². The lowest BCUT2D eigenvalue weighted by Gasteiger charge is -2.16. The van der Waals surface area contributed by atoms with Gasteiger partial charge >= 0.3 is 11.6 Å². The van der Waals surface area contributed by atoms with Crippen molar-refractivity contribution in [2.75, 3.05) is 0 Å². The van der Waals surface area contributed by atoms with E-state index in [1.54, 1.807) is 32.9 Å². The van der Waals surface area contributed by atoms with Gasteiger partial charge in [0.05, 0.1) is 5.41 Å². The highest BCUT2D eigenvalue weighted by molar-refractivity contribution is 5.95. The summed E-state index contributed by atoms with van der Waals surface area (Å²) in [5.74, 6) is -0.996. The molecule has 2 aromatic rings. The van der Waals surface area contributed by atoms with Crippen molar-refractivity contribution < 1.29 is 18.7 Å². The molecule has 0 aliphatic rings. The van der Waals surface area contributed by atoms with Crippen LogP contribution in [0.3, 0.4) is 0 Å². The predicted molar refractivity (Wildman–Crippen MR) is 76.1 cm³/mol. The smallest absolute Gasteiger partial charge is 0.349 e. The maximum atomic E-state index is 11.8. The van der Waals surface area contributed by atoms with Crippen LogP contribution in [0.15, 0.2) is 33.5 Å². The maximum absolute atomic E-state index is 11.8. The minimum Gasteiger partial charge on any atom is -0.426 e. The van der Waals surface area contributed by atoms with Crippen LogP contribution in [0, 0.1) is 5.41 Å². The molecule has 1 amide bonds. The largest absolute Gasteiger partial charge is 0.426 e. The summed E-state index contributed by atoms with van der Waals surface area (Å²) < 4.78 is 10.2. The molecule has 0 atom stereocenters. The number of carbonyl (C=O) groups is 2. The van der Waals surface area contributed by atoms with Crippen LogP contribution >= 0.6 is 0 Å². The summed E-state index contributed by atoms with van der Waals surface area (Å²) in [5.41, 5.74) is 3.60. The van der Waals surface area contributed by atoms with Crippen LogP contribution in [0.5, 0.6) is 5.75 Å². The fraction of sp³-hybridized carbons (Fsp3) is 0.267. The standard InChI is InChI=1S/C15H15NO5/c1-15(2,3)14(19)20-9-5-4-8-6-10(12(16)17)13(18)21-11(8)7-9/h4-7H,1-3H3,(H2,16,17). The molecular weight excluding hydrogens is 274 g/mol. The Morgan fingerprint density at radius 3 is 2.43 bits per heavy atom. The van der Waals surface area contributed by atoms with Gasteiger partial charge in [-0.25, -0.2) is 4.79 Å². The first-order valence-electron chi connectivity index (χ1n) is 6.28. The number of hydrogen-bond donors (Lipinski definition) is 1. The lowest BCUT2D eigenvalue weighted by atomic mass is 9.97. The first-order chi connectivity index (χ1) is 9.68. The van der Waals surface area contributed by atoms with Crippen LogP contribution in [-0.2, 0) is 4.79 Å². The highest BCUT2D eigenvalue weighted by Gasteiger charge is 2.24. The zero-order valence-corrected chi connectivity index (χ0v) is 11.9. The van der Waals surface area contributed by atoms with E-state index in [0.29, 0.717) is 5.39 Å². The number of amides is 1. The van der Waals surface area contributed by atoms with E-state index < -0.39 is 22.9 Å². The molecule has 6 nitrogen and oxygen atoms in total. The van der Waals surface area contributed by atoms with Gasteiger partial charge in [-0.1, -0.05) is 0 Å². The van der Waals surface area contributed by atoms with Crippen molar-refractivity contribution in [3.63, 3.8) is 0 Å². The topological polar surface area (TPSA) is 99.6 Å². The van der Waals surface area contributed by atoms with Crippen molar-refractivity contribution >= 4 is 22.8 Å². The molecule has 1 aromatic heterocycles. The van der Waals surface area contributed by atoms with Gasteiger partial charge in [-0.15, -0.1) is 0 Å². The summed E-state index contributed by atoms with van der Waals surface area (Å²) in [7, 11) is 0. The Balaban J connectivity index is 2.44. The summed E-state index contributed by atoms with van der Waals surface area (Å²) in [5, 5.41) is 0.513. The van der Waals surface area contributed by atoms with Gasteiger partial charge in [-0.2, -0.15) is 0 Å². The van der Waals surface area contributed by atoms with Crippen molar-refractivity contribution in [3.05, 3.63) is 40.2 Å². The third-order valence-electron chi connectivity index (χ3n) is 2.80. The Bertz CT molecular complexity index is 783. The van der Waals surface area contributed by atoms with Crippen molar-refractivity contribution in [1.82, 2.24) is 0 Å². The molecule has 0 bridgehead atoms. The highest BCUT2D eigenvalue weighted by atomic mass is 16.5. The molecule has 21 heavy (non-hydrogen) atoms. The molecule has 2 N–H and O–H groups in total. The quantitative estimate of drug-likeness (QED) is 0.516. The monoisotopic (exact) mass is 289 g/mol. The number of fused-ring (bicyclic) bond motifs is 1. The minimum absolute atomic E-state index is 0.212.